The van der Waals surface area contributed by atoms with E-state index < -0.39 is 5.60 Å². The summed E-state index contributed by atoms with van der Waals surface area (Å²) < 4.78 is 8.82. The summed E-state index contributed by atoms with van der Waals surface area (Å²) in [5.74, 6) is 0.712. The number of amides is 1. The molecular weight excluding hydrogens is 370 g/mol. The third kappa shape index (κ3) is 8.67. The number of rotatable bonds is 9. The number of nitrogens with zero attached hydrogens (tertiary/aromatic N) is 1. The van der Waals surface area contributed by atoms with Crippen molar-refractivity contribution in [3.63, 3.8) is 0 Å². The first-order valence-corrected chi connectivity index (χ1v) is 10.8. The van der Waals surface area contributed by atoms with Crippen molar-refractivity contribution in [3.05, 3.63) is 35.4 Å². The van der Waals surface area contributed by atoms with Crippen molar-refractivity contribution >= 4 is 24.1 Å². The van der Waals surface area contributed by atoms with E-state index >= 15 is 0 Å². The standard InChI is InChI=1S/C22H35N3O2S/c1-16(24-21(26)27-22(2,3)4)20-15-19(28-23-13-14-25(5)6)12-11-18(20)10-9-17-7-8-17/h9-12,15-17,23H,7-8,13-14H2,1-6H3,(H,24,26)/b10-9+. The van der Waals surface area contributed by atoms with Crippen LogP contribution in [0.25, 0.3) is 6.08 Å². The second-order valence-corrected chi connectivity index (χ2v) is 9.62. The average Bonchev–Trinajstić information content (AvgIpc) is 3.39. The fourth-order valence-electron chi connectivity index (χ4n) is 2.64. The molecule has 2 N–H and O–H groups in total. The molecule has 1 amide bonds. The largest absolute Gasteiger partial charge is 0.444 e. The smallest absolute Gasteiger partial charge is 0.408 e. The molecule has 0 aromatic heterocycles. The van der Waals surface area contributed by atoms with Crippen molar-refractivity contribution in [2.45, 2.75) is 57.1 Å². The lowest BCUT2D eigenvalue weighted by Gasteiger charge is -2.23. The fraction of sp³-hybridized carbons (Fsp3) is 0.591. The zero-order valence-corrected chi connectivity index (χ0v) is 18.9. The van der Waals surface area contributed by atoms with Crippen molar-refractivity contribution < 1.29 is 9.53 Å². The number of benzene rings is 1. The minimum Gasteiger partial charge on any atom is -0.444 e. The molecule has 1 unspecified atom stereocenters. The van der Waals surface area contributed by atoms with Crippen molar-refractivity contribution in [2.24, 2.45) is 5.92 Å². The van der Waals surface area contributed by atoms with E-state index in [-0.39, 0.29) is 12.1 Å². The maximum Gasteiger partial charge on any atom is 0.408 e. The Morgan fingerprint density at radius 3 is 2.68 bits per heavy atom. The highest BCUT2D eigenvalue weighted by molar-refractivity contribution is 7.97. The molecule has 1 aliphatic rings. The highest BCUT2D eigenvalue weighted by atomic mass is 32.2. The van der Waals surface area contributed by atoms with Crippen LogP contribution in [-0.2, 0) is 4.74 Å². The Balaban J connectivity index is 2.09. The first-order chi connectivity index (χ1) is 13.1. The van der Waals surface area contributed by atoms with Crippen LogP contribution in [0.1, 0.15) is 57.7 Å². The Bertz CT molecular complexity index is 679. The second-order valence-electron chi connectivity index (χ2n) is 8.65. The Morgan fingerprint density at radius 2 is 2.07 bits per heavy atom. The van der Waals surface area contributed by atoms with E-state index in [9.17, 15) is 4.79 Å². The number of ether oxygens (including phenoxy) is 1. The molecule has 1 saturated carbocycles. The van der Waals surface area contributed by atoms with Crippen LogP contribution in [0.15, 0.2) is 29.2 Å². The maximum atomic E-state index is 12.2. The first kappa shape index (κ1) is 22.8. The Hall–Kier alpha value is -1.50. The third-order valence-electron chi connectivity index (χ3n) is 4.28. The molecule has 0 bridgehead atoms. The lowest BCUT2D eigenvalue weighted by molar-refractivity contribution is 0.0508. The topological polar surface area (TPSA) is 53.6 Å². The molecule has 1 atom stereocenters. The van der Waals surface area contributed by atoms with Crippen molar-refractivity contribution in [3.8, 4) is 0 Å². The summed E-state index contributed by atoms with van der Waals surface area (Å²) in [5, 5.41) is 2.97. The number of likely N-dealkylation sites (N-methyl/N-ethyl adjacent to an activating group) is 1. The van der Waals surface area contributed by atoms with Crippen LogP contribution in [0.3, 0.4) is 0 Å². The monoisotopic (exact) mass is 405 g/mol. The summed E-state index contributed by atoms with van der Waals surface area (Å²) >= 11 is 1.62. The number of carbonyl (C=O) groups is 1. The second kappa shape index (κ2) is 10.3. The minimum absolute atomic E-state index is 0.143. The average molecular weight is 406 g/mol. The van der Waals surface area contributed by atoms with Gasteiger partial charge < -0.3 is 15.0 Å². The van der Waals surface area contributed by atoms with Gasteiger partial charge in [-0.3, -0.25) is 4.72 Å². The molecule has 5 nitrogen and oxygen atoms in total. The van der Waals surface area contributed by atoms with Gasteiger partial charge >= 0.3 is 6.09 Å². The molecular formula is C22H35N3O2S. The highest BCUT2D eigenvalue weighted by Gasteiger charge is 2.20. The van der Waals surface area contributed by atoms with Gasteiger partial charge in [0.05, 0.1) is 6.04 Å². The summed E-state index contributed by atoms with van der Waals surface area (Å²) in [5.41, 5.74) is 1.74. The Morgan fingerprint density at radius 1 is 1.36 bits per heavy atom. The summed E-state index contributed by atoms with van der Waals surface area (Å²) in [4.78, 5) is 15.5. The van der Waals surface area contributed by atoms with Crippen LogP contribution in [-0.4, -0.2) is 43.8 Å². The molecule has 1 aromatic rings. The van der Waals surface area contributed by atoms with Gasteiger partial charge in [-0.05, 0) is 95.8 Å². The molecule has 0 heterocycles. The molecule has 1 aliphatic carbocycles. The summed E-state index contributed by atoms with van der Waals surface area (Å²) in [6, 6.07) is 6.28. The summed E-state index contributed by atoms with van der Waals surface area (Å²) in [7, 11) is 4.13. The van der Waals surface area contributed by atoms with Crippen LogP contribution in [0.5, 0.6) is 0 Å². The number of allylic oxidation sites excluding steroid dienone is 1. The number of carbonyl (C=O) groups excluding carboxylic acids is 1. The SMILES string of the molecule is CC(NC(=O)OC(C)(C)C)c1cc(SNCCN(C)C)ccc1/C=C/C1CC1. The fourth-order valence-corrected chi connectivity index (χ4v) is 3.32. The first-order valence-electron chi connectivity index (χ1n) is 10.00. The molecule has 0 spiro atoms. The van der Waals surface area contributed by atoms with Gasteiger partial charge in [0.25, 0.3) is 0 Å². The van der Waals surface area contributed by atoms with E-state index in [0.29, 0.717) is 5.92 Å². The zero-order valence-electron chi connectivity index (χ0n) is 18.0. The zero-order chi connectivity index (χ0) is 20.7. The van der Waals surface area contributed by atoms with Gasteiger partial charge in [0.2, 0.25) is 0 Å². The van der Waals surface area contributed by atoms with Crippen LogP contribution < -0.4 is 10.0 Å². The Kier molecular flexibility index (Phi) is 8.40. The van der Waals surface area contributed by atoms with Gasteiger partial charge in [0.1, 0.15) is 5.60 Å². The molecule has 6 heteroatoms. The predicted molar refractivity (Wildman–Crippen MR) is 118 cm³/mol. The highest BCUT2D eigenvalue weighted by Crippen LogP contribution is 2.32. The van der Waals surface area contributed by atoms with E-state index in [1.54, 1.807) is 11.9 Å². The molecule has 0 radical (unpaired) electrons. The van der Waals surface area contributed by atoms with Crippen LogP contribution in [0, 0.1) is 5.92 Å². The van der Waals surface area contributed by atoms with E-state index in [0.717, 1.165) is 29.1 Å². The van der Waals surface area contributed by atoms with Crippen LogP contribution in [0.4, 0.5) is 4.79 Å². The normalized spacial score (nSPS) is 15.8. The van der Waals surface area contributed by atoms with Crippen molar-refractivity contribution in [1.82, 2.24) is 14.9 Å². The predicted octanol–water partition coefficient (Wildman–Crippen LogP) is 4.85. The summed E-state index contributed by atoms with van der Waals surface area (Å²) in [6.07, 6.45) is 6.64. The lowest BCUT2D eigenvalue weighted by Crippen LogP contribution is -2.34. The van der Waals surface area contributed by atoms with Gasteiger partial charge in [-0.25, -0.2) is 4.79 Å². The quantitative estimate of drug-likeness (QED) is 0.454. The van der Waals surface area contributed by atoms with Gasteiger partial charge in [-0.1, -0.05) is 18.2 Å². The van der Waals surface area contributed by atoms with E-state index in [1.165, 1.54) is 12.8 Å². The number of hydrogen-bond acceptors (Lipinski definition) is 5. The number of alkyl carbamates (subject to hydrolysis) is 1. The Labute approximate surface area is 174 Å². The van der Waals surface area contributed by atoms with Crippen molar-refractivity contribution in [1.29, 1.82) is 0 Å². The minimum atomic E-state index is -0.507. The molecule has 0 aliphatic heterocycles. The van der Waals surface area contributed by atoms with E-state index in [2.05, 4.69) is 59.4 Å². The maximum absolute atomic E-state index is 12.2. The summed E-state index contributed by atoms with van der Waals surface area (Å²) in [6.45, 7) is 9.51. The van der Waals surface area contributed by atoms with Crippen molar-refractivity contribution in [2.75, 3.05) is 27.2 Å². The van der Waals surface area contributed by atoms with Gasteiger partial charge in [-0.2, -0.15) is 0 Å². The molecule has 156 valence electrons. The van der Waals surface area contributed by atoms with Crippen LogP contribution in [0.2, 0.25) is 0 Å². The third-order valence-corrected chi connectivity index (χ3v) is 5.12. The van der Waals surface area contributed by atoms with Gasteiger partial charge in [0, 0.05) is 18.0 Å². The number of hydrogen-bond donors (Lipinski definition) is 2. The number of nitrogens with one attached hydrogen (secondary N) is 2. The van der Waals surface area contributed by atoms with E-state index in [4.69, 9.17) is 4.74 Å². The lowest BCUT2D eigenvalue weighted by atomic mass is 10.0. The van der Waals surface area contributed by atoms with Crippen LogP contribution >= 0.6 is 11.9 Å². The molecule has 1 fully saturated rings. The molecule has 28 heavy (non-hydrogen) atoms. The molecule has 0 saturated heterocycles. The van der Waals surface area contributed by atoms with E-state index in [1.807, 2.05) is 27.7 Å². The van der Waals surface area contributed by atoms with Gasteiger partial charge in [-0.15, -0.1) is 0 Å². The molecule has 2 rings (SSSR count). The van der Waals surface area contributed by atoms with Gasteiger partial charge in [0.15, 0.2) is 0 Å². The molecule has 1 aromatic carbocycles.